The molecule has 3 aromatic rings. The van der Waals surface area contributed by atoms with Crippen LogP contribution in [0.1, 0.15) is 46.0 Å². The summed E-state index contributed by atoms with van der Waals surface area (Å²) in [5, 5.41) is 2.65. The van der Waals surface area contributed by atoms with Crippen LogP contribution in [0.3, 0.4) is 0 Å². The number of nitrogens with one attached hydrogen (secondary N) is 1. The molecule has 220 valence electrons. The van der Waals surface area contributed by atoms with Gasteiger partial charge in [-0.3, -0.25) is 9.69 Å². The summed E-state index contributed by atoms with van der Waals surface area (Å²) < 4.78 is 79.3. The Morgan fingerprint density at radius 1 is 0.902 bits per heavy atom. The SMILES string of the molecule is CCCN1CCN(c2cc(-c3ccccc3C)c(C(=O)NCCc3cc(C(F)(F)F)cc(C(F)(F)F)c3)cn2)CC1. The van der Waals surface area contributed by atoms with Gasteiger partial charge in [0, 0.05) is 38.9 Å². The fourth-order valence-corrected chi connectivity index (χ4v) is 4.99. The van der Waals surface area contributed by atoms with Crippen LogP contribution < -0.4 is 10.2 Å². The van der Waals surface area contributed by atoms with Gasteiger partial charge in [-0.15, -0.1) is 0 Å². The van der Waals surface area contributed by atoms with Crippen molar-refractivity contribution in [2.45, 2.75) is 39.0 Å². The number of amides is 1. The molecular formula is C30H32F6N4O. The molecule has 1 aliphatic rings. The van der Waals surface area contributed by atoms with Crippen molar-refractivity contribution >= 4 is 11.7 Å². The summed E-state index contributed by atoms with van der Waals surface area (Å²) in [4.78, 5) is 22.4. The summed E-state index contributed by atoms with van der Waals surface area (Å²) in [6.45, 7) is 8.34. The minimum atomic E-state index is -4.93. The van der Waals surface area contributed by atoms with E-state index in [0.29, 0.717) is 17.7 Å². The fourth-order valence-electron chi connectivity index (χ4n) is 4.99. The Morgan fingerprint density at radius 2 is 1.54 bits per heavy atom. The molecule has 2 heterocycles. The molecule has 0 radical (unpaired) electrons. The van der Waals surface area contributed by atoms with Crippen LogP contribution in [0.15, 0.2) is 54.7 Å². The van der Waals surface area contributed by atoms with Crippen LogP contribution in [0.5, 0.6) is 0 Å². The van der Waals surface area contributed by atoms with Crippen LogP contribution in [0.4, 0.5) is 32.2 Å². The van der Waals surface area contributed by atoms with Crippen molar-refractivity contribution in [3.8, 4) is 11.1 Å². The van der Waals surface area contributed by atoms with Gasteiger partial charge >= 0.3 is 12.4 Å². The van der Waals surface area contributed by atoms with Crippen molar-refractivity contribution in [1.29, 1.82) is 0 Å². The van der Waals surface area contributed by atoms with E-state index in [1.54, 1.807) is 0 Å². The van der Waals surface area contributed by atoms with Crippen LogP contribution in [0.2, 0.25) is 0 Å². The lowest BCUT2D eigenvalue weighted by Crippen LogP contribution is -2.46. The Kier molecular flexibility index (Phi) is 9.26. The molecule has 0 spiro atoms. The standard InChI is InChI=1S/C30H32F6N4O/c1-3-10-39-11-13-40(14-12-39)27-18-25(24-7-5-4-6-20(24)2)26(19-38-27)28(41)37-9-8-21-15-22(29(31,32)33)17-23(16-21)30(34,35)36/h4-7,15-19H,3,8-14H2,1-2H3,(H,37,41). The van der Waals surface area contributed by atoms with E-state index in [1.165, 1.54) is 6.20 Å². The molecule has 0 saturated carbocycles. The average Bonchev–Trinajstić information content (AvgIpc) is 2.92. The smallest absolute Gasteiger partial charge is 0.354 e. The van der Waals surface area contributed by atoms with E-state index in [1.807, 2.05) is 37.3 Å². The molecule has 2 aromatic carbocycles. The van der Waals surface area contributed by atoms with Gasteiger partial charge in [-0.25, -0.2) is 4.98 Å². The minimum absolute atomic E-state index is 0.0907. The van der Waals surface area contributed by atoms with Gasteiger partial charge < -0.3 is 10.2 Å². The van der Waals surface area contributed by atoms with Gasteiger partial charge in [0.15, 0.2) is 0 Å². The highest BCUT2D eigenvalue weighted by atomic mass is 19.4. The van der Waals surface area contributed by atoms with Gasteiger partial charge in [0.25, 0.3) is 5.91 Å². The Morgan fingerprint density at radius 3 is 2.12 bits per heavy atom. The van der Waals surface area contributed by atoms with Crippen LogP contribution >= 0.6 is 0 Å². The molecule has 0 atom stereocenters. The van der Waals surface area contributed by atoms with Crippen LogP contribution in [-0.2, 0) is 18.8 Å². The lowest BCUT2D eigenvalue weighted by atomic mass is 9.96. The number of hydrogen-bond acceptors (Lipinski definition) is 4. The van der Waals surface area contributed by atoms with E-state index in [4.69, 9.17) is 0 Å². The first-order valence-corrected chi connectivity index (χ1v) is 13.5. The molecule has 0 aliphatic carbocycles. The summed E-state index contributed by atoms with van der Waals surface area (Å²) in [6, 6.07) is 10.9. The quantitative estimate of drug-likeness (QED) is 0.306. The summed E-state index contributed by atoms with van der Waals surface area (Å²) >= 11 is 0. The first-order valence-electron chi connectivity index (χ1n) is 13.5. The zero-order chi connectivity index (χ0) is 29.8. The highest BCUT2D eigenvalue weighted by Crippen LogP contribution is 2.36. The van der Waals surface area contributed by atoms with E-state index in [0.717, 1.165) is 56.1 Å². The molecule has 5 nitrogen and oxygen atoms in total. The summed E-state index contributed by atoms with van der Waals surface area (Å²) in [6.07, 6.45) is -7.52. The van der Waals surface area contributed by atoms with Crippen molar-refractivity contribution in [1.82, 2.24) is 15.2 Å². The number of hydrogen-bond donors (Lipinski definition) is 1. The topological polar surface area (TPSA) is 48.5 Å². The zero-order valence-corrected chi connectivity index (χ0v) is 22.9. The lowest BCUT2D eigenvalue weighted by molar-refractivity contribution is -0.143. The van der Waals surface area contributed by atoms with E-state index in [2.05, 4.69) is 27.0 Å². The van der Waals surface area contributed by atoms with Gasteiger partial charge in [0.1, 0.15) is 5.82 Å². The van der Waals surface area contributed by atoms with Gasteiger partial charge in [0.2, 0.25) is 0 Å². The molecule has 1 N–H and O–H groups in total. The predicted octanol–water partition coefficient (Wildman–Crippen LogP) is 6.60. The molecule has 1 amide bonds. The van der Waals surface area contributed by atoms with Crippen molar-refractivity contribution < 1.29 is 31.1 Å². The Balaban J connectivity index is 1.55. The molecule has 4 rings (SSSR count). The zero-order valence-electron chi connectivity index (χ0n) is 22.9. The first kappa shape index (κ1) is 30.4. The Labute approximate surface area is 235 Å². The van der Waals surface area contributed by atoms with Gasteiger partial charge in [-0.1, -0.05) is 31.2 Å². The fraction of sp³-hybridized carbons (Fsp3) is 0.400. The summed E-state index contributed by atoms with van der Waals surface area (Å²) in [7, 11) is 0. The number of halogens is 6. The number of nitrogens with zero attached hydrogens (tertiary/aromatic N) is 3. The number of pyridine rings is 1. The molecule has 1 aromatic heterocycles. The summed E-state index contributed by atoms with van der Waals surface area (Å²) in [5.41, 5.74) is -0.250. The number of aromatic nitrogens is 1. The average molecular weight is 579 g/mol. The third-order valence-electron chi connectivity index (χ3n) is 7.15. The van der Waals surface area contributed by atoms with Gasteiger partial charge in [-0.05, 0) is 72.8 Å². The molecule has 1 fully saturated rings. The van der Waals surface area contributed by atoms with Crippen molar-refractivity contribution in [2.75, 3.05) is 44.2 Å². The van der Waals surface area contributed by atoms with E-state index in [-0.39, 0.29) is 30.2 Å². The number of anilines is 1. The second kappa shape index (κ2) is 12.5. The normalized spacial score (nSPS) is 14.8. The maximum atomic E-state index is 13.3. The predicted molar refractivity (Wildman–Crippen MR) is 146 cm³/mol. The number of alkyl halides is 6. The van der Waals surface area contributed by atoms with Crippen LogP contribution in [-0.4, -0.2) is 55.1 Å². The molecule has 0 bridgehead atoms. The maximum absolute atomic E-state index is 13.3. The number of rotatable bonds is 8. The largest absolute Gasteiger partial charge is 0.416 e. The van der Waals surface area contributed by atoms with Gasteiger partial charge in [0.05, 0.1) is 16.7 Å². The van der Waals surface area contributed by atoms with Crippen LogP contribution in [0.25, 0.3) is 11.1 Å². The maximum Gasteiger partial charge on any atom is 0.416 e. The Bertz CT molecular complexity index is 1330. The molecule has 0 unspecified atom stereocenters. The first-order chi connectivity index (χ1) is 19.4. The van der Waals surface area contributed by atoms with Gasteiger partial charge in [-0.2, -0.15) is 26.3 Å². The molecular weight excluding hydrogens is 546 g/mol. The number of piperazine rings is 1. The van der Waals surface area contributed by atoms with Crippen molar-refractivity contribution in [2.24, 2.45) is 0 Å². The van der Waals surface area contributed by atoms with Crippen molar-refractivity contribution in [3.63, 3.8) is 0 Å². The second-order valence-electron chi connectivity index (χ2n) is 10.2. The van der Waals surface area contributed by atoms with Crippen molar-refractivity contribution in [3.05, 3.63) is 82.5 Å². The molecule has 41 heavy (non-hydrogen) atoms. The highest BCUT2D eigenvalue weighted by molar-refractivity contribution is 6.01. The molecule has 11 heteroatoms. The monoisotopic (exact) mass is 578 g/mol. The Hall–Kier alpha value is -3.60. The highest BCUT2D eigenvalue weighted by Gasteiger charge is 2.36. The number of carbonyl (C=O) groups is 1. The lowest BCUT2D eigenvalue weighted by Gasteiger charge is -2.35. The third-order valence-corrected chi connectivity index (χ3v) is 7.15. The van der Waals surface area contributed by atoms with Crippen LogP contribution in [0, 0.1) is 6.92 Å². The minimum Gasteiger partial charge on any atom is -0.354 e. The number of carbonyl (C=O) groups excluding carboxylic acids is 1. The third kappa shape index (κ3) is 7.58. The summed E-state index contributed by atoms with van der Waals surface area (Å²) in [5.74, 6) is 0.220. The molecule has 1 aliphatic heterocycles. The van der Waals surface area contributed by atoms with E-state index < -0.39 is 29.4 Å². The number of aryl methyl sites for hydroxylation is 1. The van der Waals surface area contributed by atoms with E-state index in [9.17, 15) is 31.1 Å². The molecule has 1 saturated heterocycles. The number of benzene rings is 2. The van der Waals surface area contributed by atoms with E-state index >= 15 is 0 Å². The second-order valence-corrected chi connectivity index (χ2v) is 10.2.